The highest BCUT2D eigenvalue weighted by molar-refractivity contribution is 5.96. The largest absolute Gasteiger partial charge is 0.478 e. The number of amides is 1. The first-order valence-electron chi connectivity index (χ1n) is 6.80. The van der Waals surface area contributed by atoms with Crippen molar-refractivity contribution in [2.75, 3.05) is 19.8 Å². The number of hydrogen-bond acceptors (Lipinski definition) is 3. The molecule has 0 aliphatic heterocycles. The molecule has 1 aromatic rings. The standard InChI is InChI=1S/C15H20FNO4/c1-10(2)9-21-7-3-6-17-14(18)12-5-4-11(15(19)20)8-13(12)16/h4-5,8,10H,3,6-7,9H2,1-2H3,(H,17,18)(H,19,20). The van der Waals surface area contributed by atoms with E-state index in [1.165, 1.54) is 12.1 Å². The number of aromatic carboxylic acids is 1. The van der Waals surface area contributed by atoms with Gasteiger partial charge in [-0.25, -0.2) is 9.18 Å². The van der Waals surface area contributed by atoms with Crippen molar-refractivity contribution in [2.24, 2.45) is 5.92 Å². The summed E-state index contributed by atoms with van der Waals surface area (Å²) in [6, 6.07) is 3.21. The van der Waals surface area contributed by atoms with Crippen LogP contribution in [-0.2, 0) is 4.74 Å². The van der Waals surface area contributed by atoms with Gasteiger partial charge in [-0.05, 0) is 30.5 Å². The zero-order chi connectivity index (χ0) is 15.8. The molecule has 0 heterocycles. The summed E-state index contributed by atoms with van der Waals surface area (Å²) in [6.07, 6.45) is 0.632. The number of carbonyl (C=O) groups excluding carboxylic acids is 1. The lowest BCUT2D eigenvalue weighted by Crippen LogP contribution is -2.26. The van der Waals surface area contributed by atoms with Crippen LogP contribution in [-0.4, -0.2) is 36.7 Å². The Balaban J connectivity index is 2.40. The summed E-state index contributed by atoms with van der Waals surface area (Å²) in [5, 5.41) is 11.3. The molecular formula is C15H20FNO4. The molecule has 0 atom stereocenters. The molecule has 1 aromatic carbocycles. The lowest BCUT2D eigenvalue weighted by atomic mass is 10.1. The fourth-order valence-corrected chi connectivity index (χ4v) is 1.62. The van der Waals surface area contributed by atoms with E-state index in [9.17, 15) is 14.0 Å². The zero-order valence-corrected chi connectivity index (χ0v) is 12.2. The molecule has 21 heavy (non-hydrogen) atoms. The third-order valence-electron chi connectivity index (χ3n) is 2.66. The molecule has 0 unspecified atom stereocenters. The first kappa shape index (κ1) is 17.1. The van der Waals surface area contributed by atoms with Gasteiger partial charge in [0, 0.05) is 19.8 Å². The molecule has 0 radical (unpaired) electrons. The maximum absolute atomic E-state index is 13.6. The lowest BCUT2D eigenvalue weighted by Gasteiger charge is -2.08. The van der Waals surface area contributed by atoms with Crippen LogP contribution in [0, 0.1) is 11.7 Å². The molecule has 0 fully saturated rings. The number of nitrogens with one attached hydrogen (secondary N) is 1. The van der Waals surface area contributed by atoms with Gasteiger partial charge in [0.25, 0.3) is 5.91 Å². The summed E-state index contributed by atoms with van der Waals surface area (Å²) in [5.74, 6) is -2.18. The summed E-state index contributed by atoms with van der Waals surface area (Å²) in [4.78, 5) is 22.4. The van der Waals surface area contributed by atoms with E-state index in [0.29, 0.717) is 32.1 Å². The van der Waals surface area contributed by atoms with E-state index in [-0.39, 0.29) is 11.1 Å². The first-order valence-corrected chi connectivity index (χ1v) is 6.80. The maximum Gasteiger partial charge on any atom is 0.335 e. The summed E-state index contributed by atoms with van der Waals surface area (Å²) < 4.78 is 19.0. The van der Waals surface area contributed by atoms with Gasteiger partial charge >= 0.3 is 5.97 Å². The molecule has 5 nitrogen and oxygen atoms in total. The number of benzene rings is 1. The molecule has 0 aromatic heterocycles. The monoisotopic (exact) mass is 297 g/mol. The molecule has 1 amide bonds. The normalized spacial score (nSPS) is 10.7. The van der Waals surface area contributed by atoms with E-state index in [0.717, 1.165) is 6.07 Å². The summed E-state index contributed by atoms with van der Waals surface area (Å²) in [6.45, 7) is 5.66. The van der Waals surface area contributed by atoms with Crippen molar-refractivity contribution >= 4 is 11.9 Å². The van der Waals surface area contributed by atoms with Gasteiger partial charge in [-0.2, -0.15) is 0 Å². The predicted molar refractivity (Wildman–Crippen MR) is 76.0 cm³/mol. The Kier molecular flexibility index (Phi) is 6.81. The maximum atomic E-state index is 13.6. The van der Waals surface area contributed by atoms with Crippen LogP contribution in [0.3, 0.4) is 0 Å². The smallest absolute Gasteiger partial charge is 0.335 e. The van der Waals surface area contributed by atoms with Crippen molar-refractivity contribution < 1.29 is 23.8 Å². The Morgan fingerprint density at radius 2 is 2.10 bits per heavy atom. The van der Waals surface area contributed by atoms with Crippen LogP contribution in [0.15, 0.2) is 18.2 Å². The van der Waals surface area contributed by atoms with E-state index in [2.05, 4.69) is 5.32 Å². The van der Waals surface area contributed by atoms with Gasteiger partial charge in [-0.1, -0.05) is 13.8 Å². The molecule has 0 saturated heterocycles. The fourth-order valence-electron chi connectivity index (χ4n) is 1.62. The summed E-state index contributed by atoms with van der Waals surface area (Å²) in [5.41, 5.74) is -0.353. The predicted octanol–water partition coefficient (Wildman–Crippen LogP) is 2.32. The lowest BCUT2D eigenvalue weighted by molar-refractivity contribution is 0.0695. The molecule has 0 saturated carbocycles. The van der Waals surface area contributed by atoms with E-state index in [4.69, 9.17) is 9.84 Å². The second kappa shape index (κ2) is 8.36. The molecular weight excluding hydrogens is 277 g/mol. The average Bonchev–Trinajstić information content (AvgIpc) is 2.41. The SMILES string of the molecule is CC(C)COCCCNC(=O)c1ccc(C(=O)O)cc1F. The molecule has 0 aliphatic carbocycles. The summed E-state index contributed by atoms with van der Waals surface area (Å²) >= 11 is 0. The Morgan fingerprint density at radius 3 is 2.67 bits per heavy atom. The Hall–Kier alpha value is -1.95. The van der Waals surface area contributed by atoms with E-state index < -0.39 is 17.7 Å². The van der Waals surface area contributed by atoms with Crippen LogP contribution >= 0.6 is 0 Å². The highest BCUT2D eigenvalue weighted by Gasteiger charge is 2.13. The highest BCUT2D eigenvalue weighted by atomic mass is 19.1. The minimum Gasteiger partial charge on any atom is -0.478 e. The molecule has 0 bridgehead atoms. The van der Waals surface area contributed by atoms with Crippen molar-refractivity contribution in [1.82, 2.24) is 5.32 Å². The minimum absolute atomic E-state index is 0.164. The van der Waals surface area contributed by atoms with Crippen molar-refractivity contribution in [1.29, 1.82) is 0 Å². The number of hydrogen-bond donors (Lipinski definition) is 2. The van der Waals surface area contributed by atoms with Crippen LogP contribution in [0.25, 0.3) is 0 Å². The van der Waals surface area contributed by atoms with Crippen molar-refractivity contribution in [3.8, 4) is 0 Å². The molecule has 1 rings (SSSR count). The Morgan fingerprint density at radius 1 is 1.38 bits per heavy atom. The van der Waals surface area contributed by atoms with Gasteiger partial charge in [0.05, 0.1) is 11.1 Å². The van der Waals surface area contributed by atoms with Gasteiger partial charge in [-0.15, -0.1) is 0 Å². The average molecular weight is 297 g/mol. The van der Waals surface area contributed by atoms with Gasteiger partial charge in [-0.3, -0.25) is 4.79 Å². The third kappa shape index (κ3) is 5.91. The third-order valence-corrected chi connectivity index (χ3v) is 2.66. The number of carboxylic acid groups (broad SMARTS) is 1. The van der Waals surface area contributed by atoms with Crippen LogP contribution in [0.4, 0.5) is 4.39 Å². The van der Waals surface area contributed by atoms with Crippen LogP contribution < -0.4 is 5.32 Å². The van der Waals surface area contributed by atoms with Gasteiger partial charge in [0.15, 0.2) is 0 Å². The fraction of sp³-hybridized carbons (Fsp3) is 0.467. The number of carbonyl (C=O) groups is 2. The van der Waals surface area contributed by atoms with Crippen molar-refractivity contribution in [3.05, 3.63) is 35.1 Å². The molecule has 0 aliphatic rings. The number of halogens is 1. The molecule has 0 spiro atoms. The molecule has 116 valence electrons. The zero-order valence-electron chi connectivity index (χ0n) is 12.2. The van der Waals surface area contributed by atoms with Crippen molar-refractivity contribution in [2.45, 2.75) is 20.3 Å². The van der Waals surface area contributed by atoms with Crippen LogP contribution in [0.2, 0.25) is 0 Å². The Labute approximate surface area is 123 Å². The van der Waals surface area contributed by atoms with Crippen molar-refractivity contribution in [3.63, 3.8) is 0 Å². The number of ether oxygens (including phenoxy) is 1. The topological polar surface area (TPSA) is 75.6 Å². The van der Waals surface area contributed by atoms with Gasteiger partial charge in [0.1, 0.15) is 5.82 Å². The second-order valence-corrected chi connectivity index (χ2v) is 5.08. The Bertz CT molecular complexity index is 502. The molecule has 2 N–H and O–H groups in total. The first-order chi connectivity index (χ1) is 9.91. The highest BCUT2D eigenvalue weighted by Crippen LogP contribution is 2.10. The van der Waals surface area contributed by atoms with E-state index in [1.807, 2.05) is 13.8 Å². The second-order valence-electron chi connectivity index (χ2n) is 5.08. The number of rotatable bonds is 8. The van der Waals surface area contributed by atoms with Gasteiger partial charge in [0.2, 0.25) is 0 Å². The van der Waals surface area contributed by atoms with Gasteiger partial charge < -0.3 is 15.2 Å². The van der Waals surface area contributed by atoms with Crippen LogP contribution in [0.5, 0.6) is 0 Å². The quantitative estimate of drug-likeness (QED) is 0.722. The van der Waals surface area contributed by atoms with E-state index >= 15 is 0 Å². The molecule has 6 heteroatoms. The minimum atomic E-state index is -1.23. The van der Waals surface area contributed by atoms with E-state index in [1.54, 1.807) is 0 Å². The van der Waals surface area contributed by atoms with Crippen LogP contribution in [0.1, 0.15) is 41.0 Å². The summed E-state index contributed by atoms with van der Waals surface area (Å²) in [7, 11) is 0. The number of carboxylic acids is 1.